The first kappa shape index (κ1) is 30.5. The van der Waals surface area contributed by atoms with Gasteiger partial charge in [-0.15, -0.1) is 21.5 Å². The van der Waals surface area contributed by atoms with E-state index in [1.54, 1.807) is 11.3 Å². The van der Waals surface area contributed by atoms with Crippen molar-refractivity contribution in [1.82, 2.24) is 19.7 Å². The van der Waals surface area contributed by atoms with E-state index in [2.05, 4.69) is 51.5 Å². The van der Waals surface area contributed by atoms with Crippen molar-refractivity contribution in [2.24, 2.45) is 4.99 Å². The van der Waals surface area contributed by atoms with E-state index in [4.69, 9.17) is 14.5 Å². The van der Waals surface area contributed by atoms with Gasteiger partial charge < -0.3 is 19.5 Å². The molecular weight excluding hydrogens is 589 g/mol. The quantitative estimate of drug-likeness (QED) is 0.130. The Kier molecular flexibility index (Phi) is 9.53. The Morgan fingerprint density at radius 2 is 2.00 bits per heavy atom. The summed E-state index contributed by atoms with van der Waals surface area (Å²) in [7, 11) is 0.165. The van der Waals surface area contributed by atoms with Crippen LogP contribution in [-0.2, 0) is 29.0 Å². The number of carbonyl (C=O) groups excluding carboxylic acids is 1. The SMILES string of the molecule is COC(=O)c1nc(N2CCCc3c2nnc(N=c2sc4ccccc4n2COCC[Si](C)(C)C)c3C)sc1CCCO. The van der Waals surface area contributed by atoms with Crippen LogP contribution in [0.25, 0.3) is 10.2 Å². The van der Waals surface area contributed by atoms with E-state index in [9.17, 15) is 9.90 Å². The molecule has 0 amide bonds. The number of para-hydroxylation sites is 1. The maximum atomic E-state index is 12.4. The highest BCUT2D eigenvalue weighted by Gasteiger charge is 2.28. The van der Waals surface area contributed by atoms with Crippen LogP contribution < -0.4 is 9.70 Å². The molecule has 1 aromatic carbocycles. The number of fused-ring (bicyclic) bond motifs is 2. The summed E-state index contributed by atoms with van der Waals surface area (Å²) in [4.78, 5) is 25.7. The molecule has 0 atom stereocenters. The van der Waals surface area contributed by atoms with Crippen LogP contribution in [-0.4, -0.2) is 65.8 Å². The second-order valence-electron chi connectivity index (χ2n) is 11.5. The van der Waals surface area contributed by atoms with E-state index >= 15 is 0 Å². The largest absolute Gasteiger partial charge is 0.464 e. The lowest BCUT2D eigenvalue weighted by Crippen LogP contribution is -2.27. The molecule has 3 aromatic heterocycles. The molecule has 0 aliphatic carbocycles. The molecule has 1 N–H and O–H groups in total. The molecule has 0 saturated heterocycles. The highest BCUT2D eigenvalue weighted by Crippen LogP contribution is 2.38. The summed E-state index contributed by atoms with van der Waals surface area (Å²) in [6.45, 7) is 11.0. The van der Waals surface area contributed by atoms with E-state index < -0.39 is 14.0 Å². The molecule has 224 valence electrons. The average molecular weight is 627 g/mol. The summed E-state index contributed by atoms with van der Waals surface area (Å²) in [5.41, 5.74) is 3.46. The summed E-state index contributed by atoms with van der Waals surface area (Å²) >= 11 is 3.06. The van der Waals surface area contributed by atoms with Gasteiger partial charge in [0, 0.05) is 43.8 Å². The Hall–Kier alpha value is -2.97. The zero-order valence-corrected chi connectivity index (χ0v) is 27.5. The standard InChI is InChI=1S/C29H38N6O4S2Si/c1-19-20-10-8-14-34(28-30-24(27(37)38-2)23(41-28)13-9-15-36)26(20)33-32-25(19)31-29-35(18-39-16-17-42(3,4)5)21-11-6-7-12-22(21)40-29/h6-7,11-12,36H,8-10,13-18H2,1-5H3. The Labute approximate surface area is 254 Å². The fraction of sp³-hybridized carbons (Fsp3) is 0.483. The van der Waals surface area contributed by atoms with Gasteiger partial charge in [0.05, 0.1) is 17.3 Å². The lowest BCUT2D eigenvalue weighted by atomic mass is 10.0. The van der Waals surface area contributed by atoms with Gasteiger partial charge in [0.15, 0.2) is 27.3 Å². The first-order valence-electron chi connectivity index (χ1n) is 14.2. The zero-order chi connectivity index (χ0) is 29.9. The Balaban J connectivity index is 1.49. The predicted molar refractivity (Wildman–Crippen MR) is 170 cm³/mol. The number of aryl methyl sites for hydroxylation is 1. The zero-order valence-electron chi connectivity index (χ0n) is 24.8. The van der Waals surface area contributed by atoms with Gasteiger partial charge in [-0.3, -0.25) is 4.57 Å². The van der Waals surface area contributed by atoms with Crippen LogP contribution in [0.4, 0.5) is 16.8 Å². The van der Waals surface area contributed by atoms with Crippen molar-refractivity contribution in [2.45, 2.75) is 65.0 Å². The normalized spacial score (nSPS) is 14.0. The molecule has 10 nitrogen and oxygen atoms in total. The summed E-state index contributed by atoms with van der Waals surface area (Å²) in [6.07, 6.45) is 2.87. The number of benzene rings is 1. The van der Waals surface area contributed by atoms with Crippen LogP contribution in [0.2, 0.25) is 25.7 Å². The molecule has 1 aliphatic rings. The smallest absolute Gasteiger partial charge is 0.357 e. The number of anilines is 2. The van der Waals surface area contributed by atoms with E-state index in [0.29, 0.717) is 36.2 Å². The van der Waals surface area contributed by atoms with E-state index in [0.717, 1.165) is 68.9 Å². The number of aromatic nitrogens is 4. The van der Waals surface area contributed by atoms with Gasteiger partial charge in [0.25, 0.3) is 0 Å². The molecule has 0 saturated carbocycles. The van der Waals surface area contributed by atoms with Crippen LogP contribution in [0.3, 0.4) is 0 Å². The highest BCUT2D eigenvalue weighted by molar-refractivity contribution is 7.16. The van der Waals surface area contributed by atoms with Crippen molar-refractivity contribution in [3.63, 3.8) is 0 Å². The fourth-order valence-corrected chi connectivity index (χ4v) is 7.73. The minimum atomic E-state index is -1.19. The van der Waals surface area contributed by atoms with Crippen molar-refractivity contribution in [2.75, 3.05) is 31.8 Å². The number of nitrogens with zero attached hydrogens (tertiary/aromatic N) is 6. The molecule has 0 fully saturated rings. The van der Waals surface area contributed by atoms with Crippen LogP contribution in [0.1, 0.15) is 39.3 Å². The Bertz CT molecular complexity index is 1640. The maximum Gasteiger partial charge on any atom is 0.357 e. The number of carbonyl (C=O) groups is 1. The number of esters is 1. The number of rotatable bonds is 11. The monoisotopic (exact) mass is 626 g/mol. The lowest BCUT2D eigenvalue weighted by Gasteiger charge is -2.28. The van der Waals surface area contributed by atoms with Crippen molar-refractivity contribution < 1.29 is 19.4 Å². The molecule has 5 rings (SSSR count). The number of hydrogen-bond donors (Lipinski definition) is 1. The minimum Gasteiger partial charge on any atom is -0.464 e. The Morgan fingerprint density at radius 3 is 2.76 bits per heavy atom. The van der Waals surface area contributed by atoms with Crippen LogP contribution in [0.15, 0.2) is 29.3 Å². The number of aliphatic hydroxyl groups is 1. The first-order valence-corrected chi connectivity index (χ1v) is 19.6. The third kappa shape index (κ3) is 6.65. The number of hydrogen-bond acceptors (Lipinski definition) is 11. The van der Waals surface area contributed by atoms with Gasteiger partial charge >= 0.3 is 5.97 Å². The second kappa shape index (κ2) is 13.1. The lowest BCUT2D eigenvalue weighted by molar-refractivity contribution is 0.0593. The molecule has 13 heteroatoms. The number of ether oxygens (including phenoxy) is 2. The highest BCUT2D eigenvalue weighted by atomic mass is 32.1. The molecule has 42 heavy (non-hydrogen) atoms. The molecule has 0 radical (unpaired) electrons. The van der Waals surface area contributed by atoms with E-state index in [1.165, 1.54) is 18.4 Å². The van der Waals surface area contributed by atoms with E-state index in [-0.39, 0.29) is 6.61 Å². The fourth-order valence-electron chi connectivity index (χ4n) is 4.84. The molecule has 0 spiro atoms. The molecule has 1 aliphatic heterocycles. The number of aliphatic hydroxyl groups excluding tert-OH is 1. The minimum absolute atomic E-state index is 0.0434. The van der Waals surface area contributed by atoms with Crippen molar-refractivity contribution in [3.05, 3.63) is 50.8 Å². The van der Waals surface area contributed by atoms with Gasteiger partial charge in [-0.05, 0) is 50.8 Å². The van der Waals surface area contributed by atoms with E-state index in [1.807, 2.05) is 24.0 Å². The third-order valence-electron chi connectivity index (χ3n) is 7.23. The molecular formula is C29H38N6O4S2Si. The molecule has 0 bridgehead atoms. The summed E-state index contributed by atoms with van der Waals surface area (Å²) in [6, 6.07) is 9.39. The van der Waals surface area contributed by atoms with Gasteiger partial charge in [0.1, 0.15) is 6.73 Å². The number of methoxy groups -OCH3 is 1. The Morgan fingerprint density at radius 1 is 1.19 bits per heavy atom. The second-order valence-corrected chi connectivity index (χ2v) is 19.2. The van der Waals surface area contributed by atoms with Crippen molar-refractivity contribution in [1.29, 1.82) is 0 Å². The molecule has 4 aromatic rings. The number of thiazole rings is 2. The van der Waals surface area contributed by atoms with Crippen LogP contribution in [0.5, 0.6) is 0 Å². The summed E-state index contributed by atoms with van der Waals surface area (Å²) in [5, 5.41) is 19.2. The third-order valence-corrected chi connectivity index (χ3v) is 11.1. The van der Waals surface area contributed by atoms with Crippen LogP contribution in [0, 0.1) is 6.92 Å². The average Bonchev–Trinajstić information content (AvgIpc) is 3.55. The predicted octanol–water partition coefficient (Wildman–Crippen LogP) is 5.60. The van der Waals surface area contributed by atoms with Gasteiger partial charge in [0.2, 0.25) is 0 Å². The van der Waals surface area contributed by atoms with Gasteiger partial charge in [-0.2, -0.15) is 4.99 Å². The summed E-state index contributed by atoms with van der Waals surface area (Å²) in [5.74, 6) is 0.867. The van der Waals surface area contributed by atoms with Crippen LogP contribution >= 0.6 is 22.7 Å². The van der Waals surface area contributed by atoms with Crippen molar-refractivity contribution >= 4 is 63.7 Å². The molecule has 0 unspecified atom stereocenters. The maximum absolute atomic E-state index is 12.4. The van der Waals surface area contributed by atoms with Gasteiger partial charge in [-0.25, -0.2) is 9.78 Å². The van der Waals surface area contributed by atoms with Gasteiger partial charge in [-0.1, -0.05) is 43.1 Å². The summed E-state index contributed by atoms with van der Waals surface area (Å²) < 4.78 is 14.4. The first-order chi connectivity index (χ1) is 20.2. The molecule has 4 heterocycles. The van der Waals surface area contributed by atoms with Crippen molar-refractivity contribution in [3.8, 4) is 0 Å². The topological polar surface area (TPSA) is 115 Å².